The van der Waals surface area contributed by atoms with E-state index in [-0.39, 0.29) is 29.8 Å². The van der Waals surface area contributed by atoms with Gasteiger partial charge in [0.25, 0.3) is 5.91 Å². The van der Waals surface area contributed by atoms with Crippen molar-refractivity contribution in [3.05, 3.63) is 28.8 Å². The average molecular weight is 299 g/mol. The molecule has 6 heteroatoms. The molecule has 0 heterocycles. The van der Waals surface area contributed by atoms with Crippen LogP contribution < -0.4 is 11.1 Å². The highest BCUT2D eigenvalue weighted by molar-refractivity contribution is 6.31. The van der Waals surface area contributed by atoms with Crippen molar-refractivity contribution in [2.75, 3.05) is 12.3 Å². The number of anilines is 1. The third kappa shape index (κ3) is 4.74. The third-order valence-corrected chi connectivity index (χ3v) is 3.19. The number of hydrogen-bond acceptors (Lipinski definition) is 4. The van der Waals surface area contributed by atoms with Crippen molar-refractivity contribution in [1.29, 1.82) is 0 Å². The van der Waals surface area contributed by atoms with Gasteiger partial charge < -0.3 is 15.8 Å². The molecule has 1 amide bonds. The van der Waals surface area contributed by atoms with E-state index in [1.807, 2.05) is 20.8 Å². The first-order valence-corrected chi connectivity index (χ1v) is 6.70. The predicted octanol–water partition coefficient (Wildman–Crippen LogP) is 2.24. The smallest absolute Gasteiger partial charge is 0.340 e. The van der Waals surface area contributed by atoms with E-state index in [0.717, 1.165) is 0 Å². The summed E-state index contributed by atoms with van der Waals surface area (Å²) in [5, 5.41) is 3.17. The Morgan fingerprint density at radius 1 is 1.35 bits per heavy atom. The zero-order chi connectivity index (χ0) is 15.3. The quantitative estimate of drug-likeness (QED) is 0.645. The molecule has 1 atom stereocenters. The van der Waals surface area contributed by atoms with Gasteiger partial charge in [-0.05, 0) is 31.0 Å². The lowest BCUT2D eigenvalue weighted by Crippen LogP contribution is -2.38. The molecule has 110 valence electrons. The normalized spacial score (nSPS) is 12.1. The topological polar surface area (TPSA) is 81.4 Å². The molecule has 1 aromatic carbocycles. The van der Waals surface area contributed by atoms with Crippen LogP contribution in [0.1, 0.15) is 31.1 Å². The summed E-state index contributed by atoms with van der Waals surface area (Å²) in [6, 6.07) is 4.48. The molecule has 3 N–H and O–H groups in total. The maximum atomic E-state index is 11.8. The monoisotopic (exact) mass is 298 g/mol. The zero-order valence-corrected chi connectivity index (χ0v) is 12.5. The number of esters is 1. The van der Waals surface area contributed by atoms with Crippen molar-refractivity contribution in [3.63, 3.8) is 0 Å². The summed E-state index contributed by atoms with van der Waals surface area (Å²) in [6.07, 6.45) is 0. The van der Waals surface area contributed by atoms with Crippen LogP contribution in [0.15, 0.2) is 18.2 Å². The minimum absolute atomic E-state index is 0.0156. The van der Waals surface area contributed by atoms with Gasteiger partial charge >= 0.3 is 5.97 Å². The second-order valence-corrected chi connectivity index (χ2v) is 5.34. The molecule has 0 radical (unpaired) electrons. The number of ether oxygens (including phenoxy) is 1. The first-order valence-electron chi connectivity index (χ1n) is 6.32. The van der Waals surface area contributed by atoms with Crippen LogP contribution in [0, 0.1) is 5.92 Å². The molecule has 1 aromatic rings. The van der Waals surface area contributed by atoms with Gasteiger partial charge in [-0.15, -0.1) is 0 Å². The Morgan fingerprint density at radius 2 is 2.00 bits per heavy atom. The van der Waals surface area contributed by atoms with Crippen molar-refractivity contribution in [3.8, 4) is 0 Å². The van der Waals surface area contributed by atoms with E-state index >= 15 is 0 Å². The number of carbonyl (C=O) groups excluding carboxylic acids is 2. The first kappa shape index (κ1) is 16.3. The molecular weight excluding hydrogens is 280 g/mol. The van der Waals surface area contributed by atoms with Gasteiger partial charge in [-0.3, -0.25) is 4.79 Å². The summed E-state index contributed by atoms with van der Waals surface area (Å²) in [6.45, 7) is 5.54. The number of nitrogens with one attached hydrogen (secondary N) is 1. The molecule has 0 aliphatic rings. The Labute approximate surface area is 123 Å². The molecule has 0 bridgehead atoms. The number of rotatable bonds is 5. The summed E-state index contributed by atoms with van der Waals surface area (Å²) < 4.78 is 4.92. The minimum Gasteiger partial charge on any atom is -0.452 e. The number of nitrogens with two attached hydrogens (primary N) is 1. The summed E-state index contributed by atoms with van der Waals surface area (Å²) in [5.41, 5.74) is 6.08. The van der Waals surface area contributed by atoms with Gasteiger partial charge in [-0.1, -0.05) is 25.4 Å². The van der Waals surface area contributed by atoms with E-state index in [9.17, 15) is 9.59 Å². The predicted molar refractivity (Wildman–Crippen MR) is 78.6 cm³/mol. The highest BCUT2D eigenvalue weighted by Gasteiger charge is 2.15. The molecular formula is C14H19ClN2O3. The van der Waals surface area contributed by atoms with Crippen LogP contribution in [0.2, 0.25) is 5.02 Å². The summed E-state index contributed by atoms with van der Waals surface area (Å²) >= 11 is 5.74. The molecule has 0 aromatic heterocycles. The van der Waals surface area contributed by atoms with Gasteiger partial charge in [0, 0.05) is 16.8 Å². The Kier molecular flexibility index (Phi) is 5.82. The fraction of sp³-hybridized carbons (Fsp3) is 0.429. The van der Waals surface area contributed by atoms with Crippen LogP contribution in [-0.2, 0) is 9.53 Å². The Bertz CT molecular complexity index is 503. The molecule has 5 nitrogen and oxygen atoms in total. The highest BCUT2D eigenvalue weighted by Crippen LogP contribution is 2.18. The lowest BCUT2D eigenvalue weighted by atomic mass is 10.1. The molecule has 0 fully saturated rings. The molecule has 1 rings (SSSR count). The van der Waals surface area contributed by atoms with E-state index in [1.54, 1.807) is 0 Å². The van der Waals surface area contributed by atoms with Crippen LogP contribution >= 0.6 is 11.6 Å². The lowest BCUT2D eigenvalue weighted by Gasteiger charge is -2.17. The lowest BCUT2D eigenvalue weighted by molar-refractivity contribution is -0.125. The maximum absolute atomic E-state index is 11.8. The van der Waals surface area contributed by atoms with Crippen molar-refractivity contribution in [2.24, 2.45) is 5.92 Å². The average Bonchev–Trinajstić information content (AvgIpc) is 2.35. The molecule has 0 aliphatic carbocycles. The minimum atomic E-state index is -0.647. The fourth-order valence-electron chi connectivity index (χ4n) is 1.39. The summed E-state index contributed by atoms with van der Waals surface area (Å²) in [5.74, 6) is -0.680. The van der Waals surface area contributed by atoms with Gasteiger partial charge in [-0.25, -0.2) is 4.79 Å². The Morgan fingerprint density at radius 3 is 2.55 bits per heavy atom. The standard InChI is InChI=1S/C14H19ClN2O3/c1-8(2)9(3)17-13(18)7-20-14(19)11-5-4-10(15)6-12(11)16/h4-6,8-9H,7,16H2,1-3H3,(H,17,18)/t9-/m0/s1. The number of halogens is 1. The van der Waals surface area contributed by atoms with Gasteiger partial charge in [0.15, 0.2) is 6.61 Å². The van der Waals surface area contributed by atoms with Crippen molar-refractivity contribution >= 4 is 29.2 Å². The fourth-order valence-corrected chi connectivity index (χ4v) is 1.57. The van der Waals surface area contributed by atoms with Crippen LogP contribution in [0.3, 0.4) is 0 Å². The molecule has 20 heavy (non-hydrogen) atoms. The zero-order valence-electron chi connectivity index (χ0n) is 11.8. The van der Waals surface area contributed by atoms with Crippen molar-refractivity contribution < 1.29 is 14.3 Å². The highest BCUT2D eigenvalue weighted by atomic mass is 35.5. The number of amides is 1. The van der Waals surface area contributed by atoms with E-state index < -0.39 is 5.97 Å². The van der Waals surface area contributed by atoms with E-state index in [4.69, 9.17) is 22.1 Å². The van der Waals surface area contributed by atoms with E-state index in [0.29, 0.717) is 10.9 Å². The van der Waals surface area contributed by atoms with Gasteiger partial charge in [-0.2, -0.15) is 0 Å². The van der Waals surface area contributed by atoms with E-state index in [2.05, 4.69) is 5.32 Å². The second kappa shape index (κ2) is 7.14. The van der Waals surface area contributed by atoms with Crippen LogP contribution in [0.4, 0.5) is 5.69 Å². The van der Waals surface area contributed by atoms with Crippen LogP contribution in [0.25, 0.3) is 0 Å². The van der Waals surface area contributed by atoms with Gasteiger partial charge in [0.1, 0.15) is 0 Å². The van der Waals surface area contributed by atoms with Gasteiger partial charge in [0.05, 0.1) is 5.56 Å². The number of nitrogen functional groups attached to an aromatic ring is 1. The second-order valence-electron chi connectivity index (χ2n) is 4.91. The number of hydrogen-bond donors (Lipinski definition) is 2. The molecule has 0 spiro atoms. The first-order chi connectivity index (χ1) is 9.31. The van der Waals surface area contributed by atoms with Crippen molar-refractivity contribution in [1.82, 2.24) is 5.32 Å². The van der Waals surface area contributed by atoms with Crippen LogP contribution in [0.5, 0.6) is 0 Å². The van der Waals surface area contributed by atoms with Gasteiger partial charge in [0.2, 0.25) is 0 Å². The largest absolute Gasteiger partial charge is 0.452 e. The molecule has 0 saturated heterocycles. The Hall–Kier alpha value is -1.75. The Balaban J connectivity index is 2.53. The number of carbonyl (C=O) groups is 2. The molecule has 0 saturated carbocycles. The van der Waals surface area contributed by atoms with E-state index in [1.165, 1.54) is 18.2 Å². The van der Waals surface area contributed by atoms with Crippen molar-refractivity contribution in [2.45, 2.75) is 26.8 Å². The SMILES string of the molecule is CC(C)[C@H](C)NC(=O)COC(=O)c1ccc(Cl)cc1N. The summed E-state index contributed by atoms with van der Waals surface area (Å²) in [7, 11) is 0. The maximum Gasteiger partial charge on any atom is 0.340 e. The third-order valence-electron chi connectivity index (χ3n) is 2.96. The van der Waals surface area contributed by atoms with Crippen LogP contribution in [-0.4, -0.2) is 24.5 Å². The summed E-state index contributed by atoms with van der Waals surface area (Å²) in [4.78, 5) is 23.4. The molecule has 0 unspecified atom stereocenters. The molecule has 0 aliphatic heterocycles. The number of benzene rings is 1.